The van der Waals surface area contributed by atoms with Crippen molar-refractivity contribution in [2.45, 2.75) is 37.4 Å². The Bertz CT molecular complexity index is 785. The molecule has 2 heterocycles. The van der Waals surface area contributed by atoms with Gasteiger partial charge in [-0.25, -0.2) is 4.98 Å². The molecule has 1 saturated heterocycles. The standard InChI is InChI=1S/C17H21N3O2S2/c1-20-11-18-15-7-6-12(10-14(15)17(20)22)19-16(21)5-3-2-4-13-8-9-23-24-13/h6-7,10-11,13H,2-5,8-9H2,1H3,(H,19,21)/t13-/m0/s1. The van der Waals surface area contributed by atoms with Crippen LogP contribution >= 0.6 is 21.6 Å². The van der Waals surface area contributed by atoms with Gasteiger partial charge in [-0.05, 0) is 37.5 Å². The van der Waals surface area contributed by atoms with E-state index in [4.69, 9.17) is 0 Å². The predicted octanol–water partition coefficient (Wildman–Crippen LogP) is 3.59. The Hall–Kier alpha value is -1.47. The number of hydrogen-bond acceptors (Lipinski definition) is 5. The molecule has 0 spiro atoms. The number of rotatable bonds is 6. The van der Waals surface area contributed by atoms with Crippen molar-refractivity contribution in [1.29, 1.82) is 0 Å². The molecule has 1 atom stereocenters. The highest BCUT2D eigenvalue weighted by molar-refractivity contribution is 8.77. The first-order chi connectivity index (χ1) is 11.6. The van der Waals surface area contributed by atoms with Gasteiger partial charge in [0.25, 0.3) is 5.56 Å². The molecule has 7 heteroatoms. The molecule has 1 aromatic carbocycles. The number of amides is 1. The van der Waals surface area contributed by atoms with Crippen molar-refractivity contribution in [2.24, 2.45) is 7.05 Å². The Balaban J connectivity index is 1.53. The van der Waals surface area contributed by atoms with Crippen LogP contribution in [0.4, 0.5) is 5.69 Å². The average molecular weight is 364 g/mol. The van der Waals surface area contributed by atoms with E-state index in [1.807, 2.05) is 21.6 Å². The quantitative estimate of drug-likeness (QED) is 0.628. The number of aryl methyl sites for hydroxylation is 1. The maximum atomic E-state index is 12.1. The van der Waals surface area contributed by atoms with E-state index in [-0.39, 0.29) is 11.5 Å². The first kappa shape index (κ1) is 17.4. The highest BCUT2D eigenvalue weighted by atomic mass is 33.1. The first-order valence-electron chi connectivity index (χ1n) is 8.17. The Kier molecular flexibility index (Phi) is 5.84. The first-order valence-corrected chi connectivity index (χ1v) is 10.6. The minimum atomic E-state index is -0.108. The molecule has 1 amide bonds. The van der Waals surface area contributed by atoms with Gasteiger partial charge in [-0.15, -0.1) is 0 Å². The molecule has 2 aromatic rings. The third-order valence-corrected chi connectivity index (χ3v) is 7.12. The summed E-state index contributed by atoms with van der Waals surface area (Å²) in [5, 5.41) is 4.17. The highest BCUT2D eigenvalue weighted by Crippen LogP contribution is 2.39. The highest BCUT2D eigenvalue weighted by Gasteiger charge is 2.15. The largest absolute Gasteiger partial charge is 0.326 e. The number of anilines is 1. The third kappa shape index (κ3) is 4.33. The number of nitrogens with one attached hydrogen (secondary N) is 1. The summed E-state index contributed by atoms with van der Waals surface area (Å²) in [6, 6.07) is 5.26. The zero-order valence-corrected chi connectivity index (χ0v) is 15.3. The van der Waals surface area contributed by atoms with E-state index < -0.39 is 0 Å². The van der Waals surface area contributed by atoms with Crippen LogP contribution in [0.1, 0.15) is 32.1 Å². The molecule has 1 N–H and O–H groups in total. The van der Waals surface area contributed by atoms with Crippen LogP contribution in [0, 0.1) is 0 Å². The molecule has 0 saturated carbocycles. The molecule has 0 bridgehead atoms. The van der Waals surface area contributed by atoms with E-state index >= 15 is 0 Å². The number of benzene rings is 1. The molecule has 0 unspecified atom stereocenters. The molecule has 1 aliphatic heterocycles. The summed E-state index contributed by atoms with van der Waals surface area (Å²) >= 11 is 0. The van der Waals surface area contributed by atoms with E-state index in [1.54, 1.807) is 25.2 Å². The van der Waals surface area contributed by atoms with Crippen LogP contribution in [0.15, 0.2) is 29.3 Å². The zero-order chi connectivity index (χ0) is 16.9. The summed E-state index contributed by atoms with van der Waals surface area (Å²) in [5.41, 5.74) is 1.19. The molecular weight excluding hydrogens is 342 g/mol. The smallest absolute Gasteiger partial charge is 0.260 e. The predicted molar refractivity (Wildman–Crippen MR) is 103 cm³/mol. The van der Waals surface area contributed by atoms with Gasteiger partial charge in [0.15, 0.2) is 0 Å². The summed E-state index contributed by atoms with van der Waals surface area (Å²) in [5.74, 6) is 1.26. The van der Waals surface area contributed by atoms with Gasteiger partial charge in [0.05, 0.1) is 17.2 Å². The molecule has 0 aliphatic carbocycles. The second-order valence-electron chi connectivity index (χ2n) is 6.02. The van der Waals surface area contributed by atoms with Crippen LogP contribution in [0.2, 0.25) is 0 Å². The number of carbonyl (C=O) groups is 1. The summed E-state index contributed by atoms with van der Waals surface area (Å²) in [6.07, 6.45) is 6.51. The van der Waals surface area contributed by atoms with Gasteiger partial charge in [-0.2, -0.15) is 0 Å². The third-order valence-electron chi connectivity index (χ3n) is 4.11. The van der Waals surface area contributed by atoms with E-state index in [0.29, 0.717) is 23.0 Å². The fraction of sp³-hybridized carbons (Fsp3) is 0.471. The fourth-order valence-electron chi connectivity index (χ4n) is 2.73. The van der Waals surface area contributed by atoms with Gasteiger partial charge in [-0.1, -0.05) is 28.0 Å². The molecule has 0 radical (unpaired) electrons. The molecule has 5 nitrogen and oxygen atoms in total. The molecule has 1 aromatic heterocycles. The van der Waals surface area contributed by atoms with E-state index in [1.165, 1.54) is 29.5 Å². The Morgan fingerprint density at radius 1 is 1.42 bits per heavy atom. The van der Waals surface area contributed by atoms with Gasteiger partial charge >= 0.3 is 0 Å². The summed E-state index contributed by atoms with van der Waals surface area (Å²) in [4.78, 5) is 28.4. The minimum absolute atomic E-state index is 0.00325. The summed E-state index contributed by atoms with van der Waals surface area (Å²) in [6.45, 7) is 0. The van der Waals surface area contributed by atoms with Crippen LogP contribution in [-0.4, -0.2) is 26.5 Å². The van der Waals surface area contributed by atoms with E-state index in [9.17, 15) is 9.59 Å². The molecule has 128 valence electrons. The lowest BCUT2D eigenvalue weighted by Crippen LogP contribution is -2.17. The lowest BCUT2D eigenvalue weighted by Gasteiger charge is -2.08. The lowest BCUT2D eigenvalue weighted by atomic mass is 10.1. The summed E-state index contributed by atoms with van der Waals surface area (Å²) < 4.78 is 1.44. The Morgan fingerprint density at radius 3 is 3.08 bits per heavy atom. The van der Waals surface area contributed by atoms with Crippen molar-refractivity contribution in [3.8, 4) is 0 Å². The maximum absolute atomic E-state index is 12.1. The van der Waals surface area contributed by atoms with Crippen molar-refractivity contribution in [2.75, 3.05) is 11.1 Å². The number of aromatic nitrogens is 2. The van der Waals surface area contributed by atoms with Gasteiger partial charge in [0.1, 0.15) is 0 Å². The number of fused-ring (bicyclic) bond motifs is 1. The molecule has 24 heavy (non-hydrogen) atoms. The van der Waals surface area contributed by atoms with Crippen molar-refractivity contribution in [1.82, 2.24) is 9.55 Å². The van der Waals surface area contributed by atoms with Gasteiger partial charge < -0.3 is 9.88 Å². The monoisotopic (exact) mass is 363 g/mol. The van der Waals surface area contributed by atoms with Gasteiger partial charge in [-0.3, -0.25) is 9.59 Å². The van der Waals surface area contributed by atoms with Gasteiger partial charge in [0, 0.05) is 30.2 Å². The number of carbonyl (C=O) groups excluding carboxylic acids is 1. The number of unbranched alkanes of at least 4 members (excludes halogenated alkanes) is 1. The molecule has 1 fully saturated rings. The lowest BCUT2D eigenvalue weighted by molar-refractivity contribution is -0.116. The fourth-order valence-corrected chi connectivity index (χ4v) is 5.76. The van der Waals surface area contributed by atoms with Crippen LogP contribution in [-0.2, 0) is 11.8 Å². The number of nitrogens with zero attached hydrogens (tertiary/aromatic N) is 2. The van der Waals surface area contributed by atoms with Crippen LogP contribution < -0.4 is 10.9 Å². The van der Waals surface area contributed by atoms with Crippen molar-refractivity contribution in [3.05, 3.63) is 34.9 Å². The molecule has 3 rings (SSSR count). The molecule has 1 aliphatic rings. The summed E-state index contributed by atoms with van der Waals surface area (Å²) in [7, 11) is 5.61. The normalized spacial score (nSPS) is 17.3. The SMILES string of the molecule is Cn1cnc2ccc(NC(=O)CCCC[C@H]3CCSS3)cc2c1=O. The average Bonchev–Trinajstić information content (AvgIpc) is 3.09. The van der Waals surface area contributed by atoms with Crippen LogP contribution in [0.3, 0.4) is 0 Å². The van der Waals surface area contributed by atoms with Crippen molar-refractivity contribution in [3.63, 3.8) is 0 Å². The molecular formula is C17H21N3O2S2. The Morgan fingerprint density at radius 2 is 2.29 bits per heavy atom. The Labute approximate surface area is 149 Å². The van der Waals surface area contributed by atoms with Gasteiger partial charge in [0.2, 0.25) is 5.91 Å². The zero-order valence-electron chi connectivity index (χ0n) is 13.7. The topological polar surface area (TPSA) is 64.0 Å². The maximum Gasteiger partial charge on any atom is 0.260 e. The van der Waals surface area contributed by atoms with E-state index in [2.05, 4.69) is 10.3 Å². The van der Waals surface area contributed by atoms with Crippen LogP contribution in [0.5, 0.6) is 0 Å². The van der Waals surface area contributed by atoms with Crippen LogP contribution in [0.25, 0.3) is 10.9 Å². The minimum Gasteiger partial charge on any atom is -0.326 e. The van der Waals surface area contributed by atoms with Crippen molar-refractivity contribution < 1.29 is 4.79 Å². The van der Waals surface area contributed by atoms with Crippen molar-refractivity contribution >= 4 is 44.1 Å². The second kappa shape index (κ2) is 8.07. The number of hydrogen-bond donors (Lipinski definition) is 1. The van der Waals surface area contributed by atoms with E-state index in [0.717, 1.165) is 18.1 Å². The second-order valence-corrected chi connectivity index (χ2v) is 8.80.